The highest BCUT2D eigenvalue weighted by Gasteiger charge is 2.56. The van der Waals surface area contributed by atoms with E-state index < -0.39 is 28.9 Å². The van der Waals surface area contributed by atoms with E-state index in [0.29, 0.717) is 53.3 Å². The van der Waals surface area contributed by atoms with Crippen LogP contribution in [-0.4, -0.2) is 30.5 Å². The van der Waals surface area contributed by atoms with E-state index in [2.05, 4.69) is 22.5 Å². The lowest BCUT2D eigenvalue weighted by Gasteiger charge is -2.16. The summed E-state index contributed by atoms with van der Waals surface area (Å²) in [5, 5.41) is 5.89. The average Bonchev–Trinajstić information content (AvgIpc) is 3.82. The zero-order valence-electron chi connectivity index (χ0n) is 24.0. The lowest BCUT2D eigenvalue weighted by molar-refractivity contribution is -0.131. The number of nitrogens with one attached hydrogen (secondary N) is 2. The number of methoxy groups -OCH3 is 1. The fourth-order valence-corrected chi connectivity index (χ4v) is 4.70. The molecule has 4 aromatic rings. The molecule has 10 heteroatoms. The third kappa shape index (κ3) is 6.85. The van der Waals surface area contributed by atoms with Crippen LogP contribution in [0.1, 0.15) is 45.4 Å². The Kier molecular flexibility index (Phi) is 9.04. The SMILES string of the molecule is CCCCCCOc1cc2nccc(Oc3ccc(NC(=O)C4(C(=O)Nc5ccc(F)cc5)CC4)cc3F)c2cc1OC. The van der Waals surface area contributed by atoms with Crippen molar-refractivity contribution in [3.8, 4) is 23.0 Å². The number of benzene rings is 3. The van der Waals surface area contributed by atoms with Crippen LogP contribution in [0.5, 0.6) is 23.0 Å². The van der Waals surface area contributed by atoms with Crippen LogP contribution in [0, 0.1) is 17.0 Å². The molecule has 0 spiro atoms. The van der Waals surface area contributed by atoms with Gasteiger partial charge in [0.1, 0.15) is 17.0 Å². The number of fused-ring (bicyclic) bond motifs is 1. The Balaban J connectivity index is 1.27. The molecule has 8 nitrogen and oxygen atoms in total. The summed E-state index contributed by atoms with van der Waals surface area (Å²) in [6.07, 6.45) is 6.58. The van der Waals surface area contributed by atoms with Gasteiger partial charge in [-0.05, 0) is 67.8 Å². The zero-order valence-corrected chi connectivity index (χ0v) is 24.0. The second-order valence-electron chi connectivity index (χ2n) is 10.5. The summed E-state index contributed by atoms with van der Waals surface area (Å²) >= 11 is 0. The highest BCUT2D eigenvalue weighted by Crippen LogP contribution is 2.47. The number of aromatic nitrogens is 1. The maximum atomic E-state index is 15.2. The van der Waals surface area contributed by atoms with Crippen LogP contribution in [0.3, 0.4) is 0 Å². The maximum absolute atomic E-state index is 15.2. The van der Waals surface area contributed by atoms with Crippen molar-refractivity contribution in [1.29, 1.82) is 0 Å². The Bertz CT molecular complexity index is 1620. The predicted molar refractivity (Wildman–Crippen MR) is 160 cm³/mol. The van der Waals surface area contributed by atoms with Crippen molar-refractivity contribution in [2.75, 3.05) is 24.4 Å². The second kappa shape index (κ2) is 13.1. The minimum atomic E-state index is -1.27. The molecular weight excluding hydrogens is 556 g/mol. The lowest BCUT2D eigenvalue weighted by atomic mass is 10.0. The molecule has 2 N–H and O–H groups in total. The number of carbonyl (C=O) groups excluding carboxylic acids is 2. The number of hydrogen-bond acceptors (Lipinski definition) is 6. The first-order valence-corrected chi connectivity index (χ1v) is 14.3. The number of carbonyl (C=O) groups is 2. The van der Waals surface area contributed by atoms with E-state index >= 15 is 4.39 Å². The zero-order chi connectivity index (χ0) is 30.4. The van der Waals surface area contributed by atoms with Crippen LogP contribution in [0.4, 0.5) is 20.2 Å². The van der Waals surface area contributed by atoms with Gasteiger partial charge in [0.05, 0.1) is 19.2 Å². The molecule has 0 saturated heterocycles. The summed E-state index contributed by atoms with van der Waals surface area (Å²) in [7, 11) is 1.55. The molecule has 1 fully saturated rings. The van der Waals surface area contributed by atoms with Gasteiger partial charge < -0.3 is 24.8 Å². The molecule has 0 radical (unpaired) electrons. The van der Waals surface area contributed by atoms with Crippen LogP contribution in [-0.2, 0) is 9.59 Å². The highest BCUT2D eigenvalue weighted by molar-refractivity contribution is 6.16. The number of rotatable bonds is 13. The Morgan fingerprint density at radius 3 is 2.23 bits per heavy atom. The van der Waals surface area contributed by atoms with Gasteiger partial charge in [0.2, 0.25) is 11.8 Å². The van der Waals surface area contributed by atoms with E-state index in [1.807, 2.05) is 0 Å². The molecule has 5 rings (SSSR count). The number of ether oxygens (including phenoxy) is 3. The molecule has 1 heterocycles. The topological polar surface area (TPSA) is 98.8 Å². The Hall–Kier alpha value is -4.73. The van der Waals surface area contributed by atoms with Crippen LogP contribution in [0.15, 0.2) is 66.9 Å². The summed E-state index contributed by atoms with van der Waals surface area (Å²) in [6.45, 7) is 2.72. The molecule has 224 valence electrons. The standard InChI is InChI=1S/C33H33F2N3O5/c1-3-4-5-6-17-42-30-20-26-24(19-29(30)41-2)27(13-16-36-26)43-28-12-11-23(18-25(28)35)38-32(40)33(14-15-33)31(39)37-22-9-7-21(34)8-10-22/h7-13,16,18-20H,3-6,14-15,17H2,1-2H3,(H,37,39)(H,38,40). The maximum Gasteiger partial charge on any atom is 0.240 e. The highest BCUT2D eigenvalue weighted by atomic mass is 19.1. The van der Waals surface area contributed by atoms with E-state index in [1.165, 1.54) is 36.4 Å². The minimum absolute atomic E-state index is 0.0593. The van der Waals surface area contributed by atoms with Crippen LogP contribution in [0.25, 0.3) is 10.9 Å². The summed E-state index contributed by atoms with van der Waals surface area (Å²) in [6, 6.07) is 14.4. The van der Waals surface area contributed by atoms with Crippen LogP contribution in [0.2, 0.25) is 0 Å². The van der Waals surface area contributed by atoms with Gasteiger partial charge in [-0.15, -0.1) is 0 Å². The summed E-state index contributed by atoms with van der Waals surface area (Å²) in [5.74, 6) is -0.798. The first-order chi connectivity index (χ1) is 20.8. The average molecular weight is 590 g/mol. The van der Waals surface area contributed by atoms with Gasteiger partial charge in [0, 0.05) is 35.1 Å². The molecule has 0 bridgehead atoms. The van der Waals surface area contributed by atoms with Crippen molar-refractivity contribution in [3.63, 3.8) is 0 Å². The molecular formula is C33H33F2N3O5. The number of nitrogens with zero attached hydrogens (tertiary/aromatic N) is 1. The Morgan fingerprint density at radius 1 is 0.837 bits per heavy atom. The quantitative estimate of drug-likeness (QED) is 0.123. The first kappa shape index (κ1) is 29.8. The third-order valence-corrected chi connectivity index (χ3v) is 7.37. The fourth-order valence-electron chi connectivity index (χ4n) is 4.70. The van der Waals surface area contributed by atoms with Crippen molar-refractivity contribution in [2.45, 2.75) is 45.4 Å². The lowest BCUT2D eigenvalue weighted by Crippen LogP contribution is -2.35. The van der Waals surface area contributed by atoms with E-state index in [9.17, 15) is 14.0 Å². The van der Waals surface area contributed by atoms with E-state index in [0.717, 1.165) is 31.7 Å². The molecule has 1 aromatic heterocycles. The number of unbranched alkanes of at least 4 members (excludes halogenated alkanes) is 3. The van der Waals surface area contributed by atoms with Crippen LogP contribution < -0.4 is 24.8 Å². The number of halogens is 2. The van der Waals surface area contributed by atoms with Crippen molar-refractivity contribution >= 4 is 34.1 Å². The predicted octanol–water partition coefficient (Wildman–Crippen LogP) is 7.63. The molecule has 1 aliphatic rings. The number of amides is 2. The van der Waals surface area contributed by atoms with Crippen molar-refractivity contribution in [1.82, 2.24) is 4.98 Å². The van der Waals surface area contributed by atoms with Gasteiger partial charge in [-0.1, -0.05) is 26.2 Å². The van der Waals surface area contributed by atoms with Gasteiger partial charge in [0.15, 0.2) is 23.1 Å². The second-order valence-corrected chi connectivity index (χ2v) is 10.5. The molecule has 2 amide bonds. The van der Waals surface area contributed by atoms with Crippen molar-refractivity contribution in [2.24, 2.45) is 5.41 Å². The largest absolute Gasteiger partial charge is 0.493 e. The summed E-state index contributed by atoms with van der Waals surface area (Å²) in [4.78, 5) is 30.2. The first-order valence-electron chi connectivity index (χ1n) is 14.3. The summed E-state index contributed by atoms with van der Waals surface area (Å²) < 4.78 is 45.7. The molecule has 1 aliphatic carbocycles. The minimum Gasteiger partial charge on any atom is -0.493 e. The molecule has 43 heavy (non-hydrogen) atoms. The van der Waals surface area contributed by atoms with E-state index in [4.69, 9.17) is 14.2 Å². The Morgan fingerprint density at radius 2 is 1.56 bits per heavy atom. The smallest absolute Gasteiger partial charge is 0.240 e. The molecule has 0 unspecified atom stereocenters. The van der Waals surface area contributed by atoms with Crippen molar-refractivity contribution < 1.29 is 32.6 Å². The van der Waals surface area contributed by atoms with Crippen LogP contribution >= 0.6 is 0 Å². The summed E-state index contributed by atoms with van der Waals surface area (Å²) in [5.41, 5.74) is -0.115. The van der Waals surface area contributed by atoms with Gasteiger partial charge in [-0.3, -0.25) is 14.6 Å². The molecule has 3 aromatic carbocycles. The normalized spacial score (nSPS) is 13.3. The van der Waals surface area contributed by atoms with Gasteiger partial charge in [-0.25, -0.2) is 8.78 Å². The van der Waals surface area contributed by atoms with Gasteiger partial charge >= 0.3 is 0 Å². The third-order valence-electron chi connectivity index (χ3n) is 7.37. The monoisotopic (exact) mass is 589 g/mol. The van der Waals surface area contributed by atoms with E-state index in [1.54, 1.807) is 31.5 Å². The number of pyridine rings is 1. The molecule has 0 atom stereocenters. The van der Waals surface area contributed by atoms with Gasteiger partial charge in [0.25, 0.3) is 0 Å². The molecule has 1 saturated carbocycles. The number of anilines is 2. The van der Waals surface area contributed by atoms with Crippen molar-refractivity contribution in [3.05, 3.63) is 78.5 Å². The molecule has 0 aliphatic heterocycles. The van der Waals surface area contributed by atoms with Gasteiger partial charge in [-0.2, -0.15) is 0 Å². The van der Waals surface area contributed by atoms with E-state index in [-0.39, 0.29) is 11.4 Å². The fraction of sp³-hybridized carbons (Fsp3) is 0.303. The number of hydrogen-bond donors (Lipinski definition) is 2. The Labute approximate surface area is 248 Å².